The molecule has 1 atom stereocenters. The molecule has 0 heterocycles. The second-order valence-electron chi connectivity index (χ2n) is 6.57. The molecule has 0 fully saturated rings. The number of carboxylic acid groups (broad SMARTS) is 1. The van der Waals surface area contributed by atoms with Crippen LogP contribution in [-0.4, -0.2) is 28.4 Å². The van der Waals surface area contributed by atoms with Crippen LogP contribution in [0.25, 0.3) is 0 Å². The second kappa shape index (κ2) is 5.63. The van der Waals surface area contributed by atoms with Crippen LogP contribution in [0.5, 0.6) is 0 Å². The highest BCUT2D eigenvalue weighted by Gasteiger charge is 2.27. The fraction of sp³-hybridized carbons (Fsp3) is 0.846. The van der Waals surface area contributed by atoms with E-state index in [1.54, 1.807) is 0 Å². The summed E-state index contributed by atoms with van der Waals surface area (Å²) in [6, 6.07) is -0.306. The van der Waals surface area contributed by atoms with Crippen LogP contribution >= 0.6 is 0 Å². The number of hydrogen-bond donors (Lipinski definition) is 2. The van der Waals surface area contributed by atoms with E-state index in [1.165, 1.54) is 0 Å². The minimum Gasteiger partial charge on any atom is -0.481 e. The predicted octanol–water partition coefficient (Wildman–Crippen LogP) is 2.22. The van der Waals surface area contributed by atoms with Gasteiger partial charge in [-0.15, -0.1) is 0 Å². The fourth-order valence-electron chi connectivity index (χ4n) is 1.53. The lowest BCUT2D eigenvalue weighted by Crippen LogP contribution is -2.46. The SMILES string of the molecule is CC(C)(C)NC(CC(=O)O)CC(=O)C(C)(C)C. The molecule has 17 heavy (non-hydrogen) atoms. The van der Waals surface area contributed by atoms with Crippen LogP contribution in [0.1, 0.15) is 54.4 Å². The van der Waals surface area contributed by atoms with Crippen molar-refractivity contribution in [3.05, 3.63) is 0 Å². The van der Waals surface area contributed by atoms with Gasteiger partial charge in [0.2, 0.25) is 0 Å². The zero-order valence-corrected chi connectivity index (χ0v) is 11.8. The molecule has 0 saturated heterocycles. The number of hydrogen-bond acceptors (Lipinski definition) is 3. The molecule has 0 amide bonds. The van der Waals surface area contributed by atoms with Crippen LogP contribution in [0.4, 0.5) is 0 Å². The summed E-state index contributed by atoms with van der Waals surface area (Å²) in [5, 5.41) is 12.0. The van der Waals surface area contributed by atoms with E-state index in [0.717, 1.165) is 0 Å². The fourth-order valence-corrected chi connectivity index (χ4v) is 1.53. The maximum absolute atomic E-state index is 11.9. The van der Waals surface area contributed by atoms with Crippen LogP contribution in [0.15, 0.2) is 0 Å². The highest BCUT2D eigenvalue weighted by atomic mass is 16.4. The third-order valence-electron chi connectivity index (χ3n) is 2.33. The first-order valence-electron chi connectivity index (χ1n) is 5.94. The number of nitrogens with one attached hydrogen (secondary N) is 1. The Balaban J connectivity index is 4.60. The van der Waals surface area contributed by atoms with Crippen molar-refractivity contribution in [3.63, 3.8) is 0 Å². The van der Waals surface area contributed by atoms with Gasteiger partial charge in [0, 0.05) is 23.4 Å². The molecule has 0 aliphatic rings. The summed E-state index contributed by atoms with van der Waals surface area (Å²) in [6.07, 6.45) is 0.228. The Kier molecular flexibility index (Phi) is 5.33. The van der Waals surface area contributed by atoms with E-state index in [1.807, 2.05) is 41.5 Å². The summed E-state index contributed by atoms with van der Waals surface area (Å²) in [6.45, 7) is 11.4. The van der Waals surface area contributed by atoms with Crippen LogP contribution < -0.4 is 5.32 Å². The van der Waals surface area contributed by atoms with Gasteiger partial charge in [0.1, 0.15) is 5.78 Å². The predicted molar refractivity (Wildman–Crippen MR) is 68.0 cm³/mol. The average molecular weight is 243 g/mol. The first kappa shape index (κ1) is 16.1. The largest absolute Gasteiger partial charge is 0.481 e. The van der Waals surface area contributed by atoms with E-state index in [-0.39, 0.29) is 30.2 Å². The van der Waals surface area contributed by atoms with Gasteiger partial charge in [-0.3, -0.25) is 9.59 Å². The Morgan fingerprint density at radius 1 is 1.06 bits per heavy atom. The minimum absolute atomic E-state index is 0.0287. The summed E-state index contributed by atoms with van der Waals surface area (Å²) in [4.78, 5) is 22.7. The van der Waals surface area contributed by atoms with E-state index < -0.39 is 11.4 Å². The molecule has 0 radical (unpaired) electrons. The summed E-state index contributed by atoms with van der Waals surface area (Å²) < 4.78 is 0. The minimum atomic E-state index is -0.881. The first-order valence-corrected chi connectivity index (χ1v) is 5.94. The molecule has 0 aliphatic carbocycles. The molecule has 0 rings (SSSR count). The molecule has 0 saturated carbocycles. The van der Waals surface area contributed by atoms with Gasteiger partial charge in [0.15, 0.2) is 0 Å². The third-order valence-corrected chi connectivity index (χ3v) is 2.33. The monoisotopic (exact) mass is 243 g/mol. The lowest BCUT2D eigenvalue weighted by molar-refractivity contribution is -0.138. The van der Waals surface area contributed by atoms with E-state index in [4.69, 9.17) is 5.11 Å². The maximum atomic E-state index is 11.9. The number of rotatable bonds is 5. The Morgan fingerprint density at radius 2 is 1.53 bits per heavy atom. The lowest BCUT2D eigenvalue weighted by Gasteiger charge is -2.29. The summed E-state index contributed by atoms with van der Waals surface area (Å²) in [5.41, 5.74) is -0.616. The van der Waals surface area contributed by atoms with Crippen molar-refractivity contribution < 1.29 is 14.7 Å². The van der Waals surface area contributed by atoms with E-state index >= 15 is 0 Å². The molecule has 4 nitrogen and oxygen atoms in total. The van der Waals surface area contributed by atoms with Gasteiger partial charge in [-0.1, -0.05) is 20.8 Å². The molecule has 2 N–H and O–H groups in total. The van der Waals surface area contributed by atoms with Crippen molar-refractivity contribution in [2.45, 2.75) is 66.0 Å². The van der Waals surface area contributed by atoms with Crippen molar-refractivity contribution in [2.24, 2.45) is 5.41 Å². The van der Waals surface area contributed by atoms with Crippen molar-refractivity contribution in [2.75, 3.05) is 0 Å². The second-order valence-corrected chi connectivity index (χ2v) is 6.57. The molecular formula is C13H25NO3. The van der Waals surface area contributed by atoms with Crippen molar-refractivity contribution >= 4 is 11.8 Å². The number of aliphatic carboxylic acids is 1. The zero-order valence-electron chi connectivity index (χ0n) is 11.8. The molecule has 0 spiro atoms. The van der Waals surface area contributed by atoms with Gasteiger partial charge >= 0.3 is 5.97 Å². The molecule has 0 aliphatic heterocycles. The zero-order chi connectivity index (χ0) is 13.9. The number of carboxylic acids is 1. The molecule has 0 bridgehead atoms. The summed E-state index contributed by atoms with van der Waals surface area (Å²) in [5.74, 6) is -0.797. The summed E-state index contributed by atoms with van der Waals surface area (Å²) >= 11 is 0. The first-order chi connectivity index (χ1) is 7.42. The normalized spacial score (nSPS) is 14.5. The van der Waals surface area contributed by atoms with Gasteiger partial charge in [-0.2, -0.15) is 0 Å². The van der Waals surface area contributed by atoms with Crippen LogP contribution in [0, 0.1) is 5.41 Å². The molecule has 0 aromatic carbocycles. The van der Waals surface area contributed by atoms with Gasteiger partial charge in [0.05, 0.1) is 6.42 Å². The van der Waals surface area contributed by atoms with Gasteiger partial charge in [-0.05, 0) is 20.8 Å². The van der Waals surface area contributed by atoms with E-state index in [9.17, 15) is 9.59 Å². The Labute approximate surface area is 104 Å². The molecule has 4 heteroatoms. The van der Waals surface area contributed by atoms with Crippen molar-refractivity contribution in [1.82, 2.24) is 5.32 Å². The highest BCUT2D eigenvalue weighted by molar-refractivity contribution is 5.84. The standard InChI is InChI=1S/C13H25NO3/c1-12(2,3)10(15)7-9(8-11(16)17)14-13(4,5)6/h9,14H,7-8H2,1-6H3,(H,16,17). The molecular weight excluding hydrogens is 218 g/mol. The number of ketones is 1. The van der Waals surface area contributed by atoms with E-state index in [2.05, 4.69) is 5.32 Å². The van der Waals surface area contributed by atoms with Crippen LogP contribution in [0.2, 0.25) is 0 Å². The van der Waals surface area contributed by atoms with Gasteiger partial charge in [-0.25, -0.2) is 0 Å². The summed E-state index contributed by atoms with van der Waals surface area (Å²) in [7, 11) is 0. The molecule has 1 unspecified atom stereocenters. The Hall–Kier alpha value is -0.900. The topological polar surface area (TPSA) is 66.4 Å². The smallest absolute Gasteiger partial charge is 0.304 e. The highest BCUT2D eigenvalue weighted by Crippen LogP contribution is 2.19. The number of Topliss-reactive ketones (excluding diaryl/α,β-unsaturated/α-hetero) is 1. The Bertz CT molecular complexity index is 284. The van der Waals surface area contributed by atoms with Crippen LogP contribution in [0.3, 0.4) is 0 Å². The average Bonchev–Trinajstić information content (AvgIpc) is 1.96. The van der Waals surface area contributed by atoms with Crippen LogP contribution in [-0.2, 0) is 9.59 Å². The van der Waals surface area contributed by atoms with Gasteiger partial charge < -0.3 is 10.4 Å². The quantitative estimate of drug-likeness (QED) is 0.777. The van der Waals surface area contributed by atoms with Crippen molar-refractivity contribution in [1.29, 1.82) is 0 Å². The number of carbonyl (C=O) groups excluding carboxylic acids is 1. The van der Waals surface area contributed by atoms with Crippen molar-refractivity contribution in [3.8, 4) is 0 Å². The lowest BCUT2D eigenvalue weighted by atomic mass is 9.86. The Morgan fingerprint density at radius 3 is 1.82 bits per heavy atom. The molecule has 0 aromatic heterocycles. The molecule has 0 aromatic rings. The van der Waals surface area contributed by atoms with Gasteiger partial charge in [0.25, 0.3) is 0 Å². The maximum Gasteiger partial charge on any atom is 0.304 e. The third kappa shape index (κ3) is 7.91. The number of carbonyl (C=O) groups is 2. The molecule has 100 valence electrons. The van der Waals surface area contributed by atoms with E-state index in [0.29, 0.717) is 0 Å².